The lowest BCUT2D eigenvalue weighted by Crippen LogP contribution is -2.47. The molecule has 1 aliphatic rings. The van der Waals surface area contributed by atoms with E-state index in [0.717, 1.165) is 24.0 Å². The average molecular weight is 429 g/mol. The van der Waals surface area contributed by atoms with Gasteiger partial charge in [0.05, 0.1) is 29.8 Å². The van der Waals surface area contributed by atoms with Gasteiger partial charge in [0.1, 0.15) is 5.75 Å². The summed E-state index contributed by atoms with van der Waals surface area (Å²) in [6, 6.07) is 12.8. The summed E-state index contributed by atoms with van der Waals surface area (Å²) in [5.74, 6) is 0.237. The van der Waals surface area contributed by atoms with Crippen molar-refractivity contribution in [3.05, 3.63) is 58.6 Å². The molecular formula is C24H29ClN2O3. The van der Waals surface area contributed by atoms with Crippen molar-refractivity contribution in [2.75, 3.05) is 19.0 Å². The summed E-state index contributed by atoms with van der Waals surface area (Å²) in [6.45, 7) is 4.66. The van der Waals surface area contributed by atoms with Crippen molar-refractivity contribution in [3.63, 3.8) is 0 Å². The number of carbonyl (C=O) groups is 2. The van der Waals surface area contributed by atoms with Gasteiger partial charge in [-0.25, -0.2) is 0 Å². The van der Waals surface area contributed by atoms with Crippen molar-refractivity contribution in [1.29, 1.82) is 0 Å². The number of para-hydroxylation sites is 1. The zero-order chi connectivity index (χ0) is 21.7. The van der Waals surface area contributed by atoms with E-state index < -0.39 is 5.92 Å². The van der Waals surface area contributed by atoms with Gasteiger partial charge in [0.15, 0.2) is 0 Å². The standard InChI is InChI=1S/C24H29ClN2O3/c1-4-5-14-27-22(28)13-11-18(23(27)17-8-6-7-9-21(17)30-3)24(29)26-20-12-10-16(2)15-19(20)25/h6-10,12,15,18,23H,4-5,11,13-14H2,1-3H3,(H,26,29)/t18-,23-/m0/s1. The molecule has 1 heterocycles. The molecule has 2 aromatic carbocycles. The van der Waals surface area contributed by atoms with Gasteiger partial charge in [0.2, 0.25) is 11.8 Å². The quantitative estimate of drug-likeness (QED) is 0.644. The molecule has 160 valence electrons. The number of hydrogen-bond acceptors (Lipinski definition) is 3. The molecule has 0 saturated carbocycles. The number of aryl methyl sites for hydroxylation is 1. The maximum Gasteiger partial charge on any atom is 0.229 e. The number of anilines is 1. The zero-order valence-electron chi connectivity index (χ0n) is 17.8. The van der Waals surface area contributed by atoms with E-state index in [9.17, 15) is 9.59 Å². The first-order chi connectivity index (χ1) is 14.5. The van der Waals surface area contributed by atoms with Crippen LogP contribution in [0.25, 0.3) is 0 Å². The molecule has 0 radical (unpaired) electrons. The fourth-order valence-corrected chi connectivity index (χ4v) is 4.34. The topological polar surface area (TPSA) is 58.6 Å². The van der Waals surface area contributed by atoms with Gasteiger partial charge < -0.3 is 15.0 Å². The Morgan fingerprint density at radius 2 is 2.03 bits per heavy atom. The molecule has 1 aliphatic heterocycles. The molecule has 1 N–H and O–H groups in total. The fourth-order valence-electron chi connectivity index (χ4n) is 4.06. The minimum absolute atomic E-state index is 0.0803. The molecule has 2 amide bonds. The summed E-state index contributed by atoms with van der Waals surface area (Å²) in [5, 5.41) is 3.49. The smallest absolute Gasteiger partial charge is 0.229 e. The summed E-state index contributed by atoms with van der Waals surface area (Å²) >= 11 is 6.33. The first kappa shape index (κ1) is 22.2. The molecule has 1 fully saturated rings. The number of benzene rings is 2. The zero-order valence-corrected chi connectivity index (χ0v) is 18.5. The highest BCUT2D eigenvalue weighted by atomic mass is 35.5. The summed E-state index contributed by atoms with van der Waals surface area (Å²) in [5.41, 5.74) is 2.47. The van der Waals surface area contributed by atoms with E-state index in [4.69, 9.17) is 16.3 Å². The molecule has 5 nitrogen and oxygen atoms in total. The van der Waals surface area contributed by atoms with E-state index in [0.29, 0.717) is 35.8 Å². The first-order valence-corrected chi connectivity index (χ1v) is 10.8. The van der Waals surface area contributed by atoms with E-state index in [2.05, 4.69) is 12.2 Å². The third kappa shape index (κ3) is 4.78. The van der Waals surface area contributed by atoms with Crippen LogP contribution in [-0.4, -0.2) is 30.4 Å². The van der Waals surface area contributed by atoms with Gasteiger partial charge in [-0.1, -0.05) is 49.2 Å². The van der Waals surface area contributed by atoms with Crippen molar-refractivity contribution < 1.29 is 14.3 Å². The lowest BCUT2D eigenvalue weighted by molar-refractivity contribution is -0.142. The normalized spacial score (nSPS) is 18.9. The summed E-state index contributed by atoms with van der Waals surface area (Å²) in [4.78, 5) is 28.1. The maximum atomic E-state index is 13.4. The van der Waals surface area contributed by atoms with Gasteiger partial charge in [-0.2, -0.15) is 0 Å². The number of methoxy groups -OCH3 is 1. The van der Waals surface area contributed by atoms with Gasteiger partial charge in [-0.15, -0.1) is 0 Å². The Morgan fingerprint density at radius 1 is 1.27 bits per heavy atom. The van der Waals surface area contributed by atoms with Crippen LogP contribution >= 0.6 is 11.6 Å². The van der Waals surface area contributed by atoms with Gasteiger partial charge in [0.25, 0.3) is 0 Å². The van der Waals surface area contributed by atoms with Crippen LogP contribution in [-0.2, 0) is 9.59 Å². The lowest BCUT2D eigenvalue weighted by atomic mass is 9.83. The Bertz CT molecular complexity index is 915. The second-order valence-electron chi connectivity index (χ2n) is 7.75. The highest BCUT2D eigenvalue weighted by Crippen LogP contribution is 2.41. The summed E-state index contributed by atoms with van der Waals surface area (Å²) in [7, 11) is 1.61. The SMILES string of the molecule is CCCCN1C(=O)CC[C@H](C(=O)Nc2ccc(C)cc2Cl)[C@@H]1c1ccccc1OC. The van der Waals surface area contributed by atoms with Crippen LogP contribution in [0.2, 0.25) is 5.02 Å². The van der Waals surface area contributed by atoms with Crippen LogP contribution in [0.15, 0.2) is 42.5 Å². The van der Waals surface area contributed by atoms with E-state index >= 15 is 0 Å². The number of likely N-dealkylation sites (tertiary alicyclic amines) is 1. The van der Waals surface area contributed by atoms with Crippen molar-refractivity contribution in [2.45, 2.75) is 45.6 Å². The van der Waals surface area contributed by atoms with E-state index in [1.165, 1.54) is 0 Å². The molecule has 2 atom stereocenters. The van der Waals surface area contributed by atoms with Gasteiger partial charge in [0, 0.05) is 18.5 Å². The molecule has 6 heteroatoms. The Kier molecular flexibility index (Phi) is 7.38. The molecule has 2 aromatic rings. The Balaban J connectivity index is 1.97. The molecule has 0 aliphatic carbocycles. The van der Waals surface area contributed by atoms with E-state index in [1.54, 1.807) is 7.11 Å². The molecule has 1 saturated heterocycles. The van der Waals surface area contributed by atoms with Crippen molar-refractivity contribution in [2.24, 2.45) is 5.92 Å². The van der Waals surface area contributed by atoms with Gasteiger partial charge in [-0.3, -0.25) is 9.59 Å². The van der Waals surface area contributed by atoms with E-state index in [-0.39, 0.29) is 17.9 Å². The molecule has 3 rings (SSSR count). The molecule has 30 heavy (non-hydrogen) atoms. The largest absolute Gasteiger partial charge is 0.496 e. The van der Waals surface area contributed by atoms with Crippen LogP contribution in [0, 0.1) is 12.8 Å². The number of nitrogens with zero attached hydrogens (tertiary/aromatic N) is 1. The monoisotopic (exact) mass is 428 g/mol. The number of amides is 2. The third-order valence-corrected chi connectivity index (χ3v) is 5.95. The number of carbonyl (C=O) groups excluding carboxylic acids is 2. The lowest BCUT2D eigenvalue weighted by Gasteiger charge is -2.41. The number of rotatable bonds is 7. The summed E-state index contributed by atoms with van der Waals surface area (Å²) < 4.78 is 5.57. The van der Waals surface area contributed by atoms with Crippen LogP contribution < -0.4 is 10.1 Å². The number of hydrogen-bond donors (Lipinski definition) is 1. The molecule has 0 unspecified atom stereocenters. The minimum Gasteiger partial charge on any atom is -0.496 e. The van der Waals surface area contributed by atoms with Crippen LogP contribution in [0.5, 0.6) is 5.75 Å². The van der Waals surface area contributed by atoms with Crippen LogP contribution in [0.4, 0.5) is 5.69 Å². The van der Waals surface area contributed by atoms with Crippen molar-refractivity contribution in [1.82, 2.24) is 4.90 Å². The molecule has 0 aromatic heterocycles. The first-order valence-electron chi connectivity index (χ1n) is 10.5. The highest BCUT2D eigenvalue weighted by molar-refractivity contribution is 6.33. The van der Waals surface area contributed by atoms with Gasteiger partial charge in [-0.05, 0) is 43.5 Å². The molecule has 0 bridgehead atoms. The van der Waals surface area contributed by atoms with Crippen molar-refractivity contribution in [3.8, 4) is 5.75 Å². The predicted octanol–water partition coefficient (Wildman–Crippen LogP) is 5.38. The molecular weight excluding hydrogens is 400 g/mol. The number of piperidine rings is 1. The summed E-state index contributed by atoms with van der Waals surface area (Å²) in [6.07, 6.45) is 2.70. The van der Waals surface area contributed by atoms with E-state index in [1.807, 2.05) is 54.3 Å². The van der Waals surface area contributed by atoms with Crippen molar-refractivity contribution >= 4 is 29.1 Å². The second-order valence-corrected chi connectivity index (χ2v) is 8.15. The Morgan fingerprint density at radius 3 is 2.73 bits per heavy atom. The highest BCUT2D eigenvalue weighted by Gasteiger charge is 2.41. The number of halogens is 1. The number of ether oxygens (including phenoxy) is 1. The van der Waals surface area contributed by atoms with Crippen LogP contribution in [0.1, 0.15) is 49.8 Å². The Hall–Kier alpha value is -2.53. The predicted molar refractivity (Wildman–Crippen MR) is 120 cm³/mol. The average Bonchev–Trinajstić information content (AvgIpc) is 2.74. The van der Waals surface area contributed by atoms with Gasteiger partial charge >= 0.3 is 0 Å². The molecule has 0 spiro atoms. The number of unbranched alkanes of at least 4 members (excludes halogenated alkanes) is 1. The minimum atomic E-state index is -0.395. The number of nitrogens with one attached hydrogen (secondary N) is 1. The third-order valence-electron chi connectivity index (χ3n) is 5.64. The fraction of sp³-hybridized carbons (Fsp3) is 0.417. The maximum absolute atomic E-state index is 13.4. The second kappa shape index (κ2) is 9.98. The Labute approximate surface area is 183 Å². The van der Waals surface area contributed by atoms with Crippen LogP contribution in [0.3, 0.4) is 0 Å².